The minimum Gasteiger partial charge on any atom is -0.384 e. The van der Waals surface area contributed by atoms with E-state index in [9.17, 15) is 14.4 Å². The first kappa shape index (κ1) is 13.9. The van der Waals surface area contributed by atoms with Gasteiger partial charge in [-0.3, -0.25) is 24.3 Å². The number of hydrogen-bond acceptors (Lipinski definition) is 5. The summed E-state index contributed by atoms with van der Waals surface area (Å²) in [5.74, 6) is -1.52. The fourth-order valence-electron chi connectivity index (χ4n) is 2.29. The van der Waals surface area contributed by atoms with E-state index in [1.165, 1.54) is 18.2 Å². The summed E-state index contributed by atoms with van der Waals surface area (Å²) < 4.78 is 1.03. The van der Waals surface area contributed by atoms with Crippen LogP contribution in [0.4, 0.5) is 5.82 Å². The molecule has 0 saturated heterocycles. The lowest BCUT2D eigenvalue weighted by Crippen LogP contribution is -2.24. The van der Waals surface area contributed by atoms with Gasteiger partial charge in [-0.2, -0.15) is 5.26 Å². The molecule has 0 unspecified atom stereocenters. The fraction of sp³-hybridized carbons (Fsp3) is 0. The largest absolute Gasteiger partial charge is 0.384 e. The number of hydrogen-bond donors (Lipinski definition) is 2. The molecule has 1 aromatic carbocycles. The van der Waals surface area contributed by atoms with Crippen LogP contribution < -0.4 is 16.6 Å². The Morgan fingerprint density at radius 3 is 2.55 bits per heavy atom. The second-order valence-corrected chi connectivity index (χ2v) is 4.96. The van der Waals surface area contributed by atoms with Gasteiger partial charge in [-0.25, -0.2) is 0 Å². The van der Waals surface area contributed by atoms with Gasteiger partial charge < -0.3 is 5.73 Å². The molecule has 3 N–H and O–H groups in total. The number of nitrogens with two attached hydrogens (primary N) is 1. The molecule has 0 saturated carbocycles. The number of fused-ring (bicyclic) bond motifs is 1. The highest BCUT2D eigenvalue weighted by molar-refractivity contribution is 6.32. The lowest BCUT2D eigenvalue weighted by atomic mass is 10.1. The van der Waals surface area contributed by atoms with Gasteiger partial charge in [-0.05, 0) is 18.2 Å². The summed E-state index contributed by atoms with van der Waals surface area (Å²) in [6.07, 6.45) is 0. The lowest BCUT2D eigenvalue weighted by molar-refractivity contribution is 0.0880. The second kappa shape index (κ2) is 4.72. The Hall–Kier alpha value is -3.11. The van der Waals surface area contributed by atoms with Crippen molar-refractivity contribution in [2.45, 2.75) is 0 Å². The van der Waals surface area contributed by atoms with Gasteiger partial charge in [0.1, 0.15) is 5.82 Å². The Morgan fingerprint density at radius 2 is 1.91 bits per heavy atom. The van der Waals surface area contributed by atoms with Gasteiger partial charge in [0.05, 0.1) is 33.5 Å². The van der Waals surface area contributed by atoms with E-state index < -0.39 is 17.4 Å². The zero-order valence-corrected chi connectivity index (χ0v) is 11.6. The third-order valence-corrected chi connectivity index (χ3v) is 3.57. The van der Waals surface area contributed by atoms with Crippen LogP contribution >= 0.6 is 11.6 Å². The van der Waals surface area contributed by atoms with E-state index in [-0.39, 0.29) is 27.7 Å². The smallest absolute Gasteiger partial charge is 0.262 e. The highest BCUT2D eigenvalue weighted by atomic mass is 35.5. The van der Waals surface area contributed by atoms with E-state index in [0.717, 1.165) is 10.6 Å². The predicted octanol–water partition coefficient (Wildman–Crippen LogP) is 0.828. The number of aromatic nitrogens is 1. The predicted molar refractivity (Wildman–Crippen MR) is 78.0 cm³/mol. The van der Waals surface area contributed by atoms with Crippen molar-refractivity contribution < 1.29 is 9.59 Å². The Balaban J connectivity index is 2.33. The number of amides is 2. The second-order valence-electron chi connectivity index (χ2n) is 4.55. The molecular weight excluding hydrogens is 308 g/mol. The molecule has 108 valence electrons. The Morgan fingerprint density at radius 1 is 1.18 bits per heavy atom. The van der Waals surface area contributed by atoms with Crippen molar-refractivity contribution in [1.29, 1.82) is 5.26 Å². The van der Waals surface area contributed by atoms with Crippen LogP contribution in [0.1, 0.15) is 26.3 Å². The fourth-order valence-corrected chi connectivity index (χ4v) is 2.55. The maximum absolute atomic E-state index is 12.2. The quantitative estimate of drug-likeness (QED) is 0.756. The number of nitriles is 1. The molecule has 22 heavy (non-hydrogen) atoms. The molecule has 2 amide bonds. The molecule has 2 aromatic rings. The van der Waals surface area contributed by atoms with Crippen LogP contribution in [0.25, 0.3) is 5.69 Å². The number of nitrogens with one attached hydrogen (secondary N) is 1. The number of halogens is 1. The normalized spacial score (nSPS) is 12.7. The monoisotopic (exact) mass is 314 g/mol. The number of anilines is 1. The van der Waals surface area contributed by atoms with Gasteiger partial charge in [0, 0.05) is 6.07 Å². The molecule has 1 aliphatic heterocycles. The topological polar surface area (TPSA) is 118 Å². The van der Waals surface area contributed by atoms with Gasteiger partial charge in [0.15, 0.2) is 0 Å². The number of rotatable bonds is 1. The first-order valence-electron chi connectivity index (χ1n) is 6.05. The van der Waals surface area contributed by atoms with E-state index in [1.54, 1.807) is 0 Å². The first-order valence-corrected chi connectivity index (χ1v) is 6.43. The molecule has 0 spiro atoms. The maximum atomic E-state index is 12.2. The summed E-state index contributed by atoms with van der Waals surface area (Å²) in [7, 11) is 0. The molecule has 7 nitrogen and oxygen atoms in total. The van der Waals surface area contributed by atoms with Crippen LogP contribution in [0.2, 0.25) is 5.02 Å². The van der Waals surface area contributed by atoms with Gasteiger partial charge in [-0.15, -0.1) is 0 Å². The molecule has 3 rings (SSSR count). The van der Waals surface area contributed by atoms with Crippen molar-refractivity contribution in [3.63, 3.8) is 0 Å². The van der Waals surface area contributed by atoms with E-state index >= 15 is 0 Å². The van der Waals surface area contributed by atoms with Crippen molar-refractivity contribution >= 4 is 29.2 Å². The summed E-state index contributed by atoms with van der Waals surface area (Å²) in [5.41, 5.74) is 5.69. The first-order chi connectivity index (χ1) is 10.4. The number of imide groups is 1. The average Bonchev–Trinajstić information content (AvgIpc) is 2.75. The minimum absolute atomic E-state index is 0.0616. The minimum atomic E-state index is -0.670. The molecule has 0 radical (unpaired) electrons. The Labute approximate surface area is 128 Å². The summed E-state index contributed by atoms with van der Waals surface area (Å²) in [6, 6.07) is 7.23. The van der Waals surface area contributed by atoms with Crippen molar-refractivity contribution in [2.75, 3.05) is 5.73 Å². The zero-order valence-electron chi connectivity index (χ0n) is 10.9. The summed E-state index contributed by atoms with van der Waals surface area (Å²) in [5, 5.41) is 11.0. The summed E-state index contributed by atoms with van der Waals surface area (Å²) in [6.45, 7) is 0. The number of carbonyl (C=O) groups excluding carboxylic acids is 2. The molecule has 0 fully saturated rings. The SMILES string of the molecule is N#Cc1ccc(-n2c(N)c3c(cc2=O)C(=O)NC3=O)c(Cl)c1. The Kier molecular flexibility index (Phi) is 2.97. The molecule has 1 aliphatic rings. The molecule has 8 heteroatoms. The van der Waals surface area contributed by atoms with E-state index in [2.05, 4.69) is 5.32 Å². The van der Waals surface area contributed by atoms with Crippen molar-refractivity contribution in [3.05, 3.63) is 56.3 Å². The van der Waals surface area contributed by atoms with Crippen molar-refractivity contribution in [1.82, 2.24) is 9.88 Å². The van der Waals surface area contributed by atoms with E-state index in [0.29, 0.717) is 5.56 Å². The highest BCUT2D eigenvalue weighted by Crippen LogP contribution is 2.27. The molecule has 0 aliphatic carbocycles. The number of nitrogen functional groups attached to an aromatic ring is 1. The lowest BCUT2D eigenvalue weighted by Gasteiger charge is -2.13. The van der Waals surface area contributed by atoms with Crippen LogP contribution in [0.5, 0.6) is 0 Å². The third kappa shape index (κ3) is 1.86. The maximum Gasteiger partial charge on any atom is 0.262 e. The van der Waals surface area contributed by atoms with E-state index in [1.807, 2.05) is 6.07 Å². The number of carbonyl (C=O) groups is 2. The van der Waals surface area contributed by atoms with Gasteiger partial charge in [0.25, 0.3) is 17.4 Å². The number of nitrogens with zero attached hydrogens (tertiary/aromatic N) is 2. The van der Waals surface area contributed by atoms with Crippen LogP contribution in [0.3, 0.4) is 0 Å². The van der Waals surface area contributed by atoms with Crippen LogP contribution in [-0.4, -0.2) is 16.4 Å². The molecule has 1 aromatic heterocycles. The van der Waals surface area contributed by atoms with Crippen LogP contribution in [0.15, 0.2) is 29.1 Å². The van der Waals surface area contributed by atoms with Crippen molar-refractivity contribution in [2.24, 2.45) is 0 Å². The summed E-state index contributed by atoms with van der Waals surface area (Å²) in [4.78, 5) is 35.6. The van der Waals surface area contributed by atoms with E-state index in [4.69, 9.17) is 22.6 Å². The summed E-state index contributed by atoms with van der Waals surface area (Å²) >= 11 is 6.07. The molecule has 2 heterocycles. The third-order valence-electron chi connectivity index (χ3n) is 3.27. The zero-order chi connectivity index (χ0) is 16.0. The molecule has 0 bridgehead atoms. The standard InChI is InChI=1S/C14H7ClN4O3/c15-8-3-6(5-16)1-2-9(8)19-10(20)4-7-11(12(19)17)14(22)18-13(7)21/h1-4H,17H2,(H,18,21,22). The molecular formula is C14H7ClN4O3. The van der Waals surface area contributed by atoms with Crippen molar-refractivity contribution in [3.8, 4) is 11.8 Å². The van der Waals surface area contributed by atoms with Gasteiger partial charge >= 0.3 is 0 Å². The van der Waals surface area contributed by atoms with Crippen LogP contribution in [-0.2, 0) is 0 Å². The van der Waals surface area contributed by atoms with Gasteiger partial charge in [-0.1, -0.05) is 11.6 Å². The number of benzene rings is 1. The highest BCUT2D eigenvalue weighted by Gasteiger charge is 2.32. The number of pyridine rings is 1. The molecule has 0 atom stereocenters. The average molecular weight is 315 g/mol. The van der Waals surface area contributed by atoms with Gasteiger partial charge in [0.2, 0.25) is 0 Å². The Bertz CT molecular complexity index is 956. The van der Waals surface area contributed by atoms with Crippen LogP contribution in [0, 0.1) is 11.3 Å².